The van der Waals surface area contributed by atoms with Gasteiger partial charge in [-0.05, 0) is 90.2 Å². The second-order valence-electron chi connectivity index (χ2n) is 7.29. The number of halogens is 2. The summed E-state index contributed by atoms with van der Waals surface area (Å²) in [5.41, 5.74) is 4.50. The van der Waals surface area contributed by atoms with Gasteiger partial charge in [-0.1, -0.05) is 29.8 Å². The molecule has 31 heavy (non-hydrogen) atoms. The fourth-order valence-corrected chi connectivity index (χ4v) is 4.41. The number of para-hydroxylation sites is 1. The minimum atomic E-state index is -0.110. The molecule has 0 radical (unpaired) electrons. The maximum atomic E-state index is 13.5. The van der Waals surface area contributed by atoms with Crippen molar-refractivity contribution in [2.75, 3.05) is 0 Å². The van der Waals surface area contributed by atoms with E-state index in [2.05, 4.69) is 39.7 Å². The Hall–Kier alpha value is -2.90. The first-order valence-corrected chi connectivity index (χ1v) is 11.2. The molecule has 0 amide bonds. The van der Waals surface area contributed by atoms with Crippen molar-refractivity contribution >= 4 is 68.1 Å². The highest BCUT2D eigenvalue weighted by atomic mass is 127. The van der Waals surface area contributed by atoms with Crippen molar-refractivity contribution in [3.05, 3.63) is 103 Å². The number of aromatic amines is 1. The zero-order chi connectivity index (χ0) is 21.5. The first kappa shape index (κ1) is 20.0. The average Bonchev–Trinajstić information content (AvgIpc) is 3.09. The van der Waals surface area contributed by atoms with Gasteiger partial charge in [0, 0.05) is 30.8 Å². The smallest absolute Gasteiger partial charge is 0.266 e. The first-order valence-electron chi connectivity index (χ1n) is 9.75. The number of benzene rings is 3. The molecule has 2 heterocycles. The molecule has 0 saturated carbocycles. The molecule has 4 nitrogen and oxygen atoms in total. The lowest BCUT2D eigenvalue weighted by Crippen LogP contribution is -2.22. The molecule has 2 aromatic heterocycles. The van der Waals surface area contributed by atoms with Crippen molar-refractivity contribution in [2.45, 2.75) is 6.92 Å². The van der Waals surface area contributed by atoms with E-state index in [4.69, 9.17) is 16.6 Å². The highest BCUT2D eigenvalue weighted by Crippen LogP contribution is 2.25. The normalized spacial score (nSPS) is 11.7. The zero-order valence-corrected chi connectivity index (χ0v) is 19.5. The Bertz CT molecular complexity index is 1530. The minimum Gasteiger partial charge on any atom is -0.358 e. The highest BCUT2D eigenvalue weighted by Gasteiger charge is 2.12. The van der Waals surface area contributed by atoms with Gasteiger partial charge in [-0.25, -0.2) is 4.98 Å². The summed E-state index contributed by atoms with van der Waals surface area (Å²) in [6.45, 7) is 2.04. The molecule has 152 valence electrons. The van der Waals surface area contributed by atoms with E-state index < -0.39 is 0 Å². The fraction of sp³-hybridized carbons (Fsp3) is 0.0400. The molecule has 0 aliphatic carbocycles. The quantitative estimate of drug-likeness (QED) is 0.264. The van der Waals surface area contributed by atoms with Crippen LogP contribution in [-0.4, -0.2) is 14.5 Å². The summed E-state index contributed by atoms with van der Waals surface area (Å²) in [6, 6.07) is 21.1. The summed E-state index contributed by atoms with van der Waals surface area (Å²) >= 11 is 8.28. The van der Waals surface area contributed by atoms with Gasteiger partial charge in [0.15, 0.2) is 0 Å². The number of nitrogens with one attached hydrogen (secondary N) is 1. The summed E-state index contributed by atoms with van der Waals surface area (Å²) in [7, 11) is 0. The lowest BCUT2D eigenvalue weighted by molar-refractivity contribution is 0.944. The maximum Gasteiger partial charge on any atom is 0.266 e. The average molecular weight is 538 g/mol. The van der Waals surface area contributed by atoms with E-state index >= 15 is 0 Å². The van der Waals surface area contributed by atoms with Crippen molar-refractivity contribution in [1.29, 1.82) is 0 Å². The van der Waals surface area contributed by atoms with Crippen LogP contribution in [0.2, 0.25) is 5.02 Å². The second-order valence-corrected chi connectivity index (χ2v) is 8.97. The van der Waals surface area contributed by atoms with Crippen LogP contribution in [0.4, 0.5) is 0 Å². The number of hydrogen-bond donors (Lipinski definition) is 1. The van der Waals surface area contributed by atoms with Gasteiger partial charge in [0.25, 0.3) is 5.56 Å². The molecule has 1 N–H and O–H groups in total. The molecule has 3 aromatic carbocycles. The van der Waals surface area contributed by atoms with E-state index in [1.165, 1.54) is 0 Å². The first-order chi connectivity index (χ1) is 15.0. The summed E-state index contributed by atoms with van der Waals surface area (Å²) in [4.78, 5) is 21.7. The van der Waals surface area contributed by atoms with E-state index in [1.807, 2.05) is 61.5 Å². The molecule has 0 fully saturated rings. The third-order valence-electron chi connectivity index (χ3n) is 5.28. The van der Waals surface area contributed by atoms with E-state index in [1.54, 1.807) is 16.7 Å². The largest absolute Gasteiger partial charge is 0.358 e. The molecule has 0 saturated heterocycles. The van der Waals surface area contributed by atoms with E-state index in [0.29, 0.717) is 21.7 Å². The minimum absolute atomic E-state index is 0.110. The Labute approximate surface area is 197 Å². The van der Waals surface area contributed by atoms with Crippen molar-refractivity contribution in [1.82, 2.24) is 14.5 Å². The third kappa shape index (κ3) is 3.68. The van der Waals surface area contributed by atoms with Crippen LogP contribution in [0.15, 0.2) is 71.5 Å². The Morgan fingerprint density at radius 1 is 1.00 bits per heavy atom. The van der Waals surface area contributed by atoms with Gasteiger partial charge < -0.3 is 4.98 Å². The molecule has 0 aliphatic rings. The number of aromatic nitrogens is 3. The summed E-state index contributed by atoms with van der Waals surface area (Å²) in [5.74, 6) is 0.561. The fourth-order valence-electron chi connectivity index (χ4n) is 3.80. The summed E-state index contributed by atoms with van der Waals surface area (Å²) in [6.07, 6.45) is 3.91. The predicted molar refractivity (Wildman–Crippen MR) is 137 cm³/mol. The van der Waals surface area contributed by atoms with Crippen molar-refractivity contribution in [3.63, 3.8) is 0 Å². The zero-order valence-electron chi connectivity index (χ0n) is 16.6. The van der Waals surface area contributed by atoms with Crippen LogP contribution in [0, 0.1) is 10.5 Å². The van der Waals surface area contributed by atoms with Gasteiger partial charge in [0.1, 0.15) is 5.82 Å². The van der Waals surface area contributed by atoms with Crippen molar-refractivity contribution < 1.29 is 0 Å². The number of rotatable bonds is 3. The Balaban J connectivity index is 1.75. The van der Waals surface area contributed by atoms with E-state index in [-0.39, 0.29) is 5.56 Å². The van der Waals surface area contributed by atoms with Gasteiger partial charge in [0.2, 0.25) is 0 Å². The molecule has 0 spiro atoms. The topological polar surface area (TPSA) is 50.7 Å². The SMILES string of the molecule is Cc1[nH]c2ccccc2c1C=Cc1nc2ccc(I)cc2c(=O)n1-c1ccc(Cl)cc1. The molecule has 0 unspecified atom stereocenters. The summed E-state index contributed by atoms with van der Waals surface area (Å²) in [5, 5.41) is 2.33. The molecule has 5 aromatic rings. The van der Waals surface area contributed by atoms with Crippen LogP contribution in [0.5, 0.6) is 0 Å². The number of nitrogens with zero attached hydrogens (tertiary/aromatic N) is 2. The monoisotopic (exact) mass is 537 g/mol. The van der Waals surface area contributed by atoms with Gasteiger partial charge >= 0.3 is 0 Å². The molecule has 5 rings (SSSR count). The van der Waals surface area contributed by atoms with Gasteiger partial charge in [-0.15, -0.1) is 0 Å². The third-order valence-corrected chi connectivity index (χ3v) is 6.21. The van der Waals surface area contributed by atoms with Crippen LogP contribution >= 0.6 is 34.2 Å². The molecular formula is C25H17ClIN3O. The van der Waals surface area contributed by atoms with Crippen molar-refractivity contribution in [2.24, 2.45) is 0 Å². The van der Waals surface area contributed by atoms with Crippen LogP contribution < -0.4 is 5.56 Å². The molecular weight excluding hydrogens is 521 g/mol. The Kier molecular flexibility index (Phi) is 5.16. The van der Waals surface area contributed by atoms with Crippen molar-refractivity contribution in [3.8, 4) is 5.69 Å². The van der Waals surface area contributed by atoms with E-state index in [9.17, 15) is 4.79 Å². The van der Waals surface area contributed by atoms with Gasteiger partial charge in [0.05, 0.1) is 16.6 Å². The van der Waals surface area contributed by atoms with Crippen LogP contribution in [-0.2, 0) is 0 Å². The lowest BCUT2D eigenvalue weighted by atomic mass is 10.1. The number of hydrogen-bond acceptors (Lipinski definition) is 2. The maximum absolute atomic E-state index is 13.5. The molecule has 6 heteroatoms. The lowest BCUT2D eigenvalue weighted by Gasteiger charge is -2.12. The Morgan fingerprint density at radius 3 is 2.58 bits per heavy atom. The van der Waals surface area contributed by atoms with E-state index in [0.717, 1.165) is 31.4 Å². The van der Waals surface area contributed by atoms with Crippen LogP contribution in [0.3, 0.4) is 0 Å². The second kappa shape index (κ2) is 7.98. The molecule has 0 atom stereocenters. The number of aryl methyl sites for hydroxylation is 1. The standard InChI is InChI=1S/C25H17ClIN3O/c1-15-19(20-4-2-3-5-22(20)28-15)11-13-24-29-23-12-8-17(27)14-21(23)25(31)30(24)18-9-6-16(26)7-10-18/h2-14,28H,1H3. The van der Waals surface area contributed by atoms with Gasteiger partial charge in [-0.2, -0.15) is 0 Å². The molecule has 0 aliphatic heterocycles. The van der Waals surface area contributed by atoms with Gasteiger partial charge in [-0.3, -0.25) is 9.36 Å². The highest BCUT2D eigenvalue weighted by molar-refractivity contribution is 14.1. The molecule has 0 bridgehead atoms. The Morgan fingerprint density at radius 2 is 1.77 bits per heavy atom. The number of H-pyrrole nitrogens is 1. The summed E-state index contributed by atoms with van der Waals surface area (Å²) < 4.78 is 2.62. The van der Waals surface area contributed by atoms with Crippen LogP contribution in [0.25, 0.3) is 39.6 Å². The number of fused-ring (bicyclic) bond motifs is 2. The van der Waals surface area contributed by atoms with Crippen LogP contribution in [0.1, 0.15) is 17.1 Å². The predicted octanol–water partition coefficient (Wildman–Crippen LogP) is 6.60.